The first-order chi connectivity index (χ1) is 9.28. The molecule has 0 amide bonds. The number of nitrogen functional groups attached to an aromatic ring is 1. The zero-order valence-electron chi connectivity index (χ0n) is 10.6. The van der Waals surface area contributed by atoms with E-state index in [9.17, 15) is 0 Å². The summed E-state index contributed by atoms with van der Waals surface area (Å²) in [6.45, 7) is 2.05. The fourth-order valence-electron chi connectivity index (χ4n) is 2.10. The molecular weight excluding hydrogens is 236 g/mol. The van der Waals surface area contributed by atoms with Gasteiger partial charge in [-0.05, 0) is 25.1 Å². The number of aromatic nitrogens is 2. The Labute approximate surface area is 111 Å². The van der Waals surface area contributed by atoms with Crippen LogP contribution in [-0.4, -0.2) is 9.97 Å². The standard InChI is InChI=1S/C15H14N4/c1-10-5-4-6-11(9-10)14-17-13-8-3-2-7-12(13)15(18-14)19-16/h2-9H,16H2,1H3,(H,17,18,19). The van der Waals surface area contributed by atoms with Crippen molar-refractivity contribution in [3.63, 3.8) is 0 Å². The van der Waals surface area contributed by atoms with E-state index in [1.165, 1.54) is 5.56 Å². The van der Waals surface area contributed by atoms with Crippen molar-refractivity contribution in [3.05, 3.63) is 54.1 Å². The van der Waals surface area contributed by atoms with E-state index in [0.29, 0.717) is 11.6 Å². The van der Waals surface area contributed by atoms with Crippen LogP contribution in [0, 0.1) is 6.92 Å². The summed E-state index contributed by atoms with van der Waals surface area (Å²) in [5.74, 6) is 6.87. The van der Waals surface area contributed by atoms with Crippen LogP contribution in [0.15, 0.2) is 48.5 Å². The molecule has 0 saturated carbocycles. The van der Waals surface area contributed by atoms with Crippen LogP contribution in [0.25, 0.3) is 22.3 Å². The van der Waals surface area contributed by atoms with Crippen molar-refractivity contribution in [2.75, 3.05) is 5.43 Å². The lowest BCUT2D eigenvalue weighted by Crippen LogP contribution is -2.10. The number of anilines is 1. The van der Waals surface area contributed by atoms with Crippen molar-refractivity contribution in [3.8, 4) is 11.4 Å². The number of hydrazine groups is 1. The monoisotopic (exact) mass is 250 g/mol. The predicted molar refractivity (Wildman–Crippen MR) is 77.5 cm³/mol. The largest absolute Gasteiger partial charge is 0.308 e. The third-order valence-corrected chi connectivity index (χ3v) is 3.02. The molecule has 0 fully saturated rings. The molecule has 0 atom stereocenters. The molecule has 0 aliphatic heterocycles. The van der Waals surface area contributed by atoms with E-state index in [4.69, 9.17) is 5.84 Å². The second-order valence-electron chi connectivity index (χ2n) is 4.43. The number of fused-ring (bicyclic) bond motifs is 1. The van der Waals surface area contributed by atoms with Crippen LogP contribution in [0.2, 0.25) is 0 Å². The molecule has 0 unspecified atom stereocenters. The summed E-state index contributed by atoms with van der Waals surface area (Å²) in [6, 6.07) is 15.9. The minimum absolute atomic E-state index is 0.641. The Morgan fingerprint density at radius 1 is 1.00 bits per heavy atom. The minimum atomic E-state index is 0.641. The highest BCUT2D eigenvalue weighted by Gasteiger charge is 2.08. The number of rotatable bonds is 2. The quantitative estimate of drug-likeness (QED) is 0.542. The van der Waals surface area contributed by atoms with Crippen molar-refractivity contribution in [2.24, 2.45) is 5.84 Å². The van der Waals surface area contributed by atoms with Crippen LogP contribution >= 0.6 is 0 Å². The lowest BCUT2D eigenvalue weighted by molar-refractivity contribution is 1.18. The summed E-state index contributed by atoms with van der Waals surface area (Å²) < 4.78 is 0. The minimum Gasteiger partial charge on any atom is -0.308 e. The first kappa shape index (κ1) is 11.6. The topological polar surface area (TPSA) is 63.8 Å². The predicted octanol–water partition coefficient (Wildman–Crippen LogP) is 2.89. The Kier molecular flexibility index (Phi) is 2.85. The molecule has 3 aromatic rings. The van der Waals surface area contributed by atoms with Gasteiger partial charge in [-0.1, -0.05) is 35.9 Å². The molecule has 0 spiro atoms. The summed E-state index contributed by atoms with van der Waals surface area (Å²) in [5, 5.41) is 0.918. The number of hydrogen-bond donors (Lipinski definition) is 2. The van der Waals surface area contributed by atoms with Crippen molar-refractivity contribution in [1.82, 2.24) is 9.97 Å². The summed E-state index contributed by atoms with van der Waals surface area (Å²) in [4.78, 5) is 9.07. The Hall–Kier alpha value is -2.46. The van der Waals surface area contributed by atoms with Crippen LogP contribution in [-0.2, 0) is 0 Å². The van der Waals surface area contributed by atoms with Gasteiger partial charge >= 0.3 is 0 Å². The zero-order valence-corrected chi connectivity index (χ0v) is 10.6. The van der Waals surface area contributed by atoms with Crippen LogP contribution in [0.3, 0.4) is 0 Å². The van der Waals surface area contributed by atoms with Crippen LogP contribution in [0.4, 0.5) is 5.82 Å². The number of nitrogens with zero attached hydrogens (tertiary/aromatic N) is 2. The van der Waals surface area contributed by atoms with Gasteiger partial charge in [-0.25, -0.2) is 15.8 Å². The van der Waals surface area contributed by atoms with Gasteiger partial charge in [0, 0.05) is 10.9 Å². The smallest absolute Gasteiger partial charge is 0.162 e. The van der Waals surface area contributed by atoms with E-state index in [0.717, 1.165) is 16.5 Å². The molecule has 3 rings (SSSR count). The Morgan fingerprint density at radius 3 is 2.63 bits per heavy atom. The number of hydrogen-bond acceptors (Lipinski definition) is 4. The molecule has 1 aromatic heterocycles. The van der Waals surface area contributed by atoms with Crippen LogP contribution < -0.4 is 11.3 Å². The molecule has 0 bridgehead atoms. The normalized spacial score (nSPS) is 10.6. The van der Waals surface area contributed by atoms with Gasteiger partial charge < -0.3 is 5.43 Å². The molecule has 2 aromatic carbocycles. The summed E-state index contributed by atoms with van der Waals surface area (Å²) in [7, 11) is 0. The van der Waals surface area contributed by atoms with Crippen molar-refractivity contribution >= 4 is 16.7 Å². The van der Waals surface area contributed by atoms with Gasteiger partial charge in [0.25, 0.3) is 0 Å². The van der Waals surface area contributed by atoms with E-state index in [2.05, 4.69) is 21.5 Å². The molecule has 0 radical (unpaired) electrons. The molecule has 1 heterocycles. The number of nitrogens with one attached hydrogen (secondary N) is 1. The SMILES string of the molecule is Cc1cccc(-c2nc(NN)c3ccccc3n2)c1. The van der Waals surface area contributed by atoms with Crippen molar-refractivity contribution < 1.29 is 0 Å². The summed E-state index contributed by atoms with van der Waals surface area (Å²) in [5.41, 5.74) is 5.69. The number of para-hydroxylation sites is 1. The van der Waals surface area contributed by atoms with E-state index in [1.807, 2.05) is 49.4 Å². The Bertz CT molecular complexity index is 737. The Morgan fingerprint density at radius 2 is 1.84 bits per heavy atom. The Balaban J connectivity index is 2.25. The average Bonchev–Trinajstić information content (AvgIpc) is 2.46. The second-order valence-corrected chi connectivity index (χ2v) is 4.43. The number of nitrogens with two attached hydrogens (primary N) is 1. The third kappa shape index (κ3) is 2.13. The molecule has 19 heavy (non-hydrogen) atoms. The maximum atomic E-state index is 5.55. The number of aryl methyl sites for hydroxylation is 1. The molecule has 4 heteroatoms. The fourth-order valence-corrected chi connectivity index (χ4v) is 2.10. The molecule has 0 aliphatic carbocycles. The molecule has 4 nitrogen and oxygen atoms in total. The molecule has 0 aliphatic rings. The van der Waals surface area contributed by atoms with E-state index >= 15 is 0 Å². The maximum Gasteiger partial charge on any atom is 0.162 e. The third-order valence-electron chi connectivity index (χ3n) is 3.02. The van der Waals surface area contributed by atoms with E-state index in [-0.39, 0.29) is 0 Å². The van der Waals surface area contributed by atoms with Gasteiger partial charge in [-0.3, -0.25) is 0 Å². The molecule has 0 saturated heterocycles. The summed E-state index contributed by atoms with van der Waals surface area (Å²) in [6.07, 6.45) is 0. The highest BCUT2D eigenvalue weighted by atomic mass is 15.3. The first-order valence-corrected chi connectivity index (χ1v) is 6.08. The van der Waals surface area contributed by atoms with Gasteiger partial charge in [-0.15, -0.1) is 0 Å². The molecular formula is C15H14N4. The highest BCUT2D eigenvalue weighted by molar-refractivity contribution is 5.90. The summed E-state index contributed by atoms with van der Waals surface area (Å²) >= 11 is 0. The molecule has 94 valence electrons. The van der Waals surface area contributed by atoms with Crippen molar-refractivity contribution in [2.45, 2.75) is 6.92 Å². The van der Waals surface area contributed by atoms with E-state index < -0.39 is 0 Å². The first-order valence-electron chi connectivity index (χ1n) is 6.08. The highest BCUT2D eigenvalue weighted by Crippen LogP contribution is 2.24. The van der Waals surface area contributed by atoms with Gasteiger partial charge in [-0.2, -0.15) is 0 Å². The fraction of sp³-hybridized carbons (Fsp3) is 0.0667. The van der Waals surface area contributed by atoms with Crippen molar-refractivity contribution in [1.29, 1.82) is 0 Å². The van der Waals surface area contributed by atoms with Crippen LogP contribution in [0.5, 0.6) is 0 Å². The van der Waals surface area contributed by atoms with Gasteiger partial charge in [0.2, 0.25) is 0 Å². The molecule has 3 N–H and O–H groups in total. The lowest BCUT2D eigenvalue weighted by Gasteiger charge is -2.08. The lowest BCUT2D eigenvalue weighted by atomic mass is 10.1. The maximum absolute atomic E-state index is 5.55. The average molecular weight is 250 g/mol. The number of benzene rings is 2. The second kappa shape index (κ2) is 4.66. The van der Waals surface area contributed by atoms with Gasteiger partial charge in [0.05, 0.1) is 5.52 Å². The van der Waals surface area contributed by atoms with Gasteiger partial charge in [0.1, 0.15) is 0 Å². The van der Waals surface area contributed by atoms with Gasteiger partial charge in [0.15, 0.2) is 11.6 Å². The van der Waals surface area contributed by atoms with Crippen LogP contribution in [0.1, 0.15) is 5.56 Å². The zero-order chi connectivity index (χ0) is 13.2. The van der Waals surface area contributed by atoms with E-state index in [1.54, 1.807) is 0 Å².